The Bertz CT molecular complexity index is 746. The van der Waals surface area contributed by atoms with E-state index >= 15 is 0 Å². The number of anilines is 1. The SMILES string of the molecule is Cc1ccc(CCc2nnc3c(N)cc(Br)cn23)cc1. The third-order valence-corrected chi connectivity index (χ3v) is 3.76. The smallest absolute Gasteiger partial charge is 0.184 e. The topological polar surface area (TPSA) is 56.2 Å². The van der Waals surface area contributed by atoms with Crippen LogP contribution in [0.5, 0.6) is 0 Å². The van der Waals surface area contributed by atoms with Crippen molar-refractivity contribution in [3.05, 3.63) is 58.0 Å². The molecule has 2 heterocycles. The van der Waals surface area contributed by atoms with Crippen molar-refractivity contribution in [1.29, 1.82) is 0 Å². The van der Waals surface area contributed by atoms with Gasteiger partial charge in [-0.1, -0.05) is 29.8 Å². The maximum absolute atomic E-state index is 5.94. The summed E-state index contributed by atoms with van der Waals surface area (Å²) in [6.07, 6.45) is 3.73. The van der Waals surface area contributed by atoms with Gasteiger partial charge in [0.1, 0.15) is 5.82 Å². The van der Waals surface area contributed by atoms with Gasteiger partial charge < -0.3 is 5.73 Å². The molecule has 0 saturated heterocycles. The molecule has 1 aromatic carbocycles. The van der Waals surface area contributed by atoms with E-state index in [4.69, 9.17) is 5.73 Å². The summed E-state index contributed by atoms with van der Waals surface area (Å²) in [6, 6.07) is 10.4. The lowest BCUT2D eigenvalue weighted by Crippen LogP contribution is -1.99. The van der Waals surface area contributed by atoms with Gasteiger partial charge in [0.05, 0.1) is 5.69 Å². The molecule has 20 heavy (non-hydrogen) atoms. The Kier molecular flexibility index (Phi) is 3.44. The summed E-state index contributed by atoms with van der Waals surface area (Å²) in [5.41, 5.74) is 9.87. The molecule has 0 aliphatic rings. The number of nitrogens with two attached hydrogens (primary N) is 1. The molecule has 0 radical (unpaired) electrons. The Morgan fingerprint density at radius 3 is 2.65 bits per heavy atom. The van der Waals surface area contributed by atoms with E-state index in [1.165, 1.54) is 11.1 Å². The summed E-state index contributed by atoms with van der Waals surface area (Å²) in [5.74, 6) is 0.925. The Morgan fingerprint density at radius 1 is 1.15 bits per heavy atom. The number of benzene rings is 1. The number of aromatic nitrogens is 3. The van der Waals surface area contributed by atoms with E-state index in [9.17, 15) is 0 Å². The first-order valence-corrected chi connectivity index (χ1v) is 7.27. The van der Waals surface area contributed by atoms with Gasteiger partial charge in [-0.05, 0) is 40.9 Å². The first-order chi connectivity index (χ1) is 9.63. The van der Waals surface area contributed by atoms with E-state index < -0.39 is 0 Å². The highest BCUT2D eigenvalue weighted by Gasteiger charge is 2.09. The van der Waals surface area contributed by atoms with Crippen molar-refractivity contribution in [3.63, 3.8) is 0 Å². The Morgan fingerprint density at radius 2 is 1.90 bits per heavy atom. The van der Waals surface area contributed by atoms with Gasteiger partial charge in [0, 0.05) is 17.1 Å². The monoisotopic (exact) mass is 330 g/mol. The van der Waals surface area contributed by atoms with Gasteiger partial charge >= 0.3 is 0 Å². The fourth-order valence-electron chi connectivity index (χ4n) is 2.21. The van der Waals surface area contributed by atoms with Crippen LogP contribution in [0.15, 0.2) is 41.0 Å². The van der Waals surface area contributed by atoms with Gasteiger partial charge in [-0.15, -0.1) is 10.2 Å². The second-order valence-electron chi connectivity index (χ2n) is 4.91. The molecular weight excluding hydrogens is 316 g/mol. The molecule has 0 aliphatic carbocycles. The molecule has 0 spiro atoms. The summed E-state index contributed by atoms with van der Waals surface area (Å²) in [4.78, 5) is 0. The lowest BCUT2D eigenvalue weighted by molar-refractivity contribution is 0.838. The summed E-state index contributed by atoms with van der Waals surface area (Å²) < 4.78 is 2.88. The third kappa shape index (κ3) is 2.54. The average molecular weight is 331 g/mol. The molecule has 2 aromatic heterocycles. The second-order valence-corrected chi connectivity index (χ2v) is 5.82. The molecule has 4 nitrogen and oxygen atoms in total. The van der Waals surface area contributed by atoms with Crippen molar-refractivity contribution >= 4 is 27.3 Å². The molecule has 0 atom stereocenters. The summed E-state index contributed by atoms with van der Waals surface area (Å²) in [5, 5.41) is 8.39. The molecule has 0 aliphatic heterocycles. The van der Waals surface area contributed by atoms with Gasteiger partial charge in [0.2, 0.25) is 0 Å². The highest BCUT2D eigenvalue weighted by molar-refractivity contribution is 9.10. The fourth-order valence-corrected chi connectivity index (χ4v) is 2.66. The lowest BCUT2D eigenvalue weighted by Gasteiger charge is -2.03. The maximum Gasteiger partial charge on any atom is 0.184 e. The minimum Gasteiger partial charge on any atom is -0.396 e. The Balaban J connectivity index is 1.86. The van der Waals surface area contributed by atoms with Gasteiger partial charge in [-0.25, -0.2) is 0 Å². The molecular formula is C15H15BrN4. The highest BCUT2D eigenvalue weighted by Crippen LogP contribution is 2.20. The molecule has 102 valence electrons. The molecule has 3 rings (SSSR count). The highest BCUT2D eigenvalue weighted by atomic mass is 79.9. The number of aryl methyl sites for hydroxylation is 3. The van der Waals surface area contributed by atoms with Crippen LogP contribution >= 0.6 is 15.9 Å². The molecule has 5 heteroatoms. The number of fused-ring (bicyclic) bond motifs is 1. The van der Waals surface area contributed by atoms with E-state index in [0.29, 0.717) is 11.3 Å². The summed E-state index contributed by atoms with van der Waals surface area (Å²) in [6.45, 7) is 2.09. The number of halogens is 1. The first kappa shape index (κ1) is 13.1. The minimum atomic E-state index is 0.633. The van der Waals surface area contributed by atoms with Crippen LogP contribution in [0.2, 0.25) is 0 Å². The van der Waals surface area contributed by atoms with Crippen molar-refractivity contribution in [2.45, 2.75) is 19.8 Å². The predicted molar refractivity (Wildman–Crippen MR) is 83.7 cm³/mol. The van der Waals surface area contributed by atoms with Crippen molar-refractivity contribution in [2.24, 2.45) is 0 Å². The maximum atomic E-state index is 5.94. The van der Waals surface area contributed by atoms with Crippen molar-refractivity contribution in [1.82, 2.24) is 14.6 Å². The van der Waals surface area contributed by atoms with E-state index in [2.05, 4.69) is 57.3 Å². The van der Waals surface area contributed by atoms with Crippen molar-refractivity contribution < 1.29 is 0 Å². The van der Waals surface area contributed by atoms with Gasteiger partial charge in [-0.2, -0.15) is 0 Å². The van der Waals surface area contributed by atoms with Crippen LogP contribution in [0, 0.1) is 6.92 Å². The van der Waals surface area contributed by atoms with E-state index in [1.54, 1.807) is 0 Å². The molecule has 0 saturated carbocycles. The largest absolute Gasteiger partial charge is 0.396 e. The van der Waals surface area contributed by atoms with Crippen LogP contribution in [0.4, 0.5) is 5.69 Å². The normalized spacial score (nSPS) is 11.1. The van der Waals surface area contributed by atoms with Gasteiger partial charge in [0.15, 0.2) is 5.65 Å². The molecule has 0 unspecified atom stereocenters. The van der Waals surface area contributed by atoms with Crippen LogP contribution in [0.25, 0.3) is 5.65 Å². The van der Waals surface area contributed by atoms with Crippen LogP contribution in [-0.2, 0) is 12.8 Å². The number of hydrogen-bond acceptors (Lipinski definition) is 3. The molecule has 0 fully saturated rings. The van der Waals surface area contributed by atoms with Crippen LogP contribution in [0.3, 0.4) is 0 Å². The lowest BCUT2D eigenvalue weighted by atomic mass is 10.1. The Hall–Kier alpha value is -1.88. The predicted octanol–water partition coefficient (Wildman–Crippen LogP) is 3.17. The zero-order valence-electron chi connectivity index (χ0n) is 11.2. The average Bonchev–Trinajstić information content (AvgIpc) is 2.81. The second kappa shape index (κ2) is 5.25. The zero-order valence-corrected chi connectivity index (χ0v) is 12.8. The Labute approximate surface area is 125 Å². The van der Waals surface area contributed by atoms with Crippen LogP contribution in [0.1, 0.15) is 17.0 Å². The standard InChI is InChI=1S/C15H15BrN4/c1-10-2-4-11(5-3-10)6-7-14-18-19-15-13(17)8-12(16)9-20(14)15/h2-5,8-9H,6-7,17H2,1H3. The third-order valence-electron chi connectivity index (χ3n) is 3.33. The fraction of sp³-hybridized carbons (Fsp3) is 0.200. The van der Waals surface area contributed by atoms with Gasteiger partial charge in [0.25, 0.3) is 0 Å². The van der Waals surface area contributed by atoms with Crippen molar-refractivity contribution in [3.8, 4) is 0 Å². The van der Waals surface area contributed by atoms with Gasteiger partial charge in [-0.3, -0.25) is 4.40 Å². The number of rotatable bonds is 3. The quantitative estimate of drug-likeness (QED) is 0.802. The number of nitrogens with zero attached hydrogens (tertiary/aromatic N) is 3. The minimum absolute atomic E-state index is 0.633. The molecule has 3 aromatic rings. The number of hydrogen-bond donors (Lipinski definition) is 1. The number of pyridine rings is 1. The summed E-state index contributed by atoms with van der Waals surface area (Å²) in [7, 11) is 0. The first-order valence-electron chi connectivity index (χ1n) is 6.47. The summed E-state index contributed by atoms with van der Waals surface area (Å²) >= 11 is 3.45. The molecule has 0 amide bonds. The van der Waals surface area contributed by atoms with E-state index in [0.717, 1.165) is 23.1 Å². The van der Waals surface area contributed by atoms with Crippen LogP contribution in [-0.4, -0.2) is 14.6 Å². The number of nitrogen functional groups attached to an aromatic ring is 1. The molecule has 0 bridgehead atoms. The van der Waals surface area contributed by atoms with E-state index in [-0.39, 0.29) is 0 Å². The molecule has 2 N–H and O–H groups in total. The van der Waals surface area contributed by atoms with Crippen molar-refractivity contribution in [2.75, 3.05) is 5.73 Å². The van der Waals surface area contributed by atoms with E-state index in [1.807, 2.05) is 16.7 Å². The van der Waals surface area contributed by atoms with Crippen LogP contribution < -0.4 is 5.73 Å². The zero-order chi connectivity index (χ0) is 14.1.